The molecule has 258 valence electrons. The van der Waals surface area contributed by atoms with Gasteiger partial charge in [0.05, 0.1) is 18.4 Å². The molecule has 5 aliphatic carbocycles. The van der Waals surface area contributed by atoms with E-state index in [0.29, 0.717) is 29.1 Å². The number of aliphatic hydroxyl groups excluding tert-OH is 1. The van der Waals surface area contributed by atoms with E-state index in [0.717, 1.165) is 63.4 Å². The summed E-state index contributed by atoms with van der Waals surface area (Å²) in [7, 11) is 1.43. The molecule has 1 N–H and O–H groups in total. The first kappa shape index (κ1) is 34.8. The zero-order chi connectivity index (χ0) is 35.1. The van der Waals surface area contributed by atoms with Crippen molar-refractivity contribution in [3.05, 3.63) is 103 Å². The van der Waals surface area contributed by atoms with Crippen LogP contribution in [0.3, 0.4) is 0 Å². The average Bonchev–Trinajstić information content (AvgIpc) is 3.39. The van der Waals surface area contributed by atoms with Gasteiger partial charge in [0.1, 0.15) is 0 Å². The van der Waals surface area contributed by atoms with Crippen molar-refractivity contribution in [2.24, 2.45) is 55.7 Å². The summed E-state index contributed by atoms with van der Waals surface area (Å²) in [5.74, 6) is 1.49. The molecule has 0 bridgehead atoms. The predicted molar refractivity (Wildman–Crippen MR) is 199 cm³/mol. The van der Waals surface area contributed by atoms with E-state index >= 15 is 0 Å². The zero-order valence-corrected chi connectivity index (χ0v) is 30.9. The predicted octanol–water partition coefficient (Wildman–Crippen LogP) is 11.9. The topological polar surface area (TPSA) is 46.5 Å². The zero-order valence-electron chi connectivity index (χ0n) is 30.9. The Morgan fingerprint density at radius 2 is 1.48 bits per heavy atom. The fraction of sp³-hybridized carbons (Fsp3) is 0.578. The Morgan fingerprint density at radius 1 is 0.854 bits per heavy atom. The Morgan fingerprint density at radius 3 is 2.04 bits per heavy atom. The Labute approximate surface area is 291 Å². The minimum absolute atomic E-state index is 0.0465. The highest BCUT2D eigenvalue weighted by Gasteiger charge is 2.77. The Kier molecular flexibility index (Phi) is 8.13. The van der Waals surface area contributed by atoms with Crippen molar-refractivity contribution in [3.63, 3.8) is 0 Å². The van der Waals surface area contributed by atoms with Crippen molar-refractivity contribution in [1.82, 2.24) is 0 Å². The van der Waals surface area contributed by atoms with E-state index in [1.807, 2.05) is 19.1 Å². The second-order valence-electron chi connectivity index (χ2n) is 17.4. The van der Waals surface area contributed by atoms with Crippen LogP contribution in [0.4, 0.5) is 0 Å². The molecule has 3 nitrogen and oxygen atoms in total. The minimum atomic E-state index is -0.309. The molecule has 9 atom stereocenters. The molecule has 48 heavy (non-hydrogen) atoms. The van der Waals surface area contributed by atoms with Crippen LogP contribution in [-0.4, -0.2) is 18.2 Å². The highest BCUT2D eigenvalue weighted by molar-refractivity contribution is 5.90. The van der Waals surface area contributed by atoms with Gasteiger partial charge < -0.3 is 9.84 Å². The smallest absolute Gasteiger partial charge is 0.337 e. The quantitative estimate of drug-likeness (QED) is 0.182. The number of rotatable bonds is 7. The van der Waals surface area contributed by atoms with Crippen molar-refractivity contribution in [1.29, 1.82) is 0 Å². The van der Waals surface area contributed by atoms with Gasteiger partial charge in [0, 0.05) is 21.7 Å². The van der Waals surface area contributed by atoms with Gasteiger partial charge in [-0.1, -0.05) is 76.3 Å². The molecule has 4 saturated carbocycles. The SMILES string of the molecule is C=CC12CC[C@H]3C(CCC4(/C=C(\C)O)CC[C@@H](C(=C)C)[C@]34C=C)[C@]1(C)CC[C@@]1(C=C)C(C)(C)C(c3ccc(C(=O)OC)cc3)=CC[C@]21C. The van der Waals surface area contributed by atoms with E-state index in [1.165, 1.54) is 18.3 Å². The van der Waals surface area contributed by atoms with Gasteiger partial charge in [-0.3, -0.25) is 0 Å². The molecule has 3 heteroatoms. The summed E-state index contributed by atoms with van der Waals surface area (Å²) in [5.41, 5.74) is 3.63. The number of methoxy groups -OCH3 is 1. The van der Waals surface area contributed by atoms with Gasteiger partial charge in [-0.05, 0) is 135 Å². The minimum Gasteiger partial charge on any atom is -0.513 e. The standard InChI is InChI=1S/C45H60O3/c1-12-43-28-27-40(9)36-21-25-42(29-31(6)46)24-20-34(30(4)5)45(42,14-3)37(36)22-26-44(40,13-2)41(43,10)23-19-35(39(43,7)8)32-15-17-33(18-16-32)38(47)48-11/h12-19,29,34,36-37,46H,1-4,20-28H2,5-11H3/b31-29+/t34-,36?,37-,40-,41-,42?,43-,44?,45+/m0/s1. The largest absolute Gasteiger partial charge is 0.513 e. The number of allylic oxidation sites excluding steroid dienone is 8. The van der Waals surface area contributed by atoms with Crippen LogP contribution < -0.4 is 0 Å². The summed E-state index contributed by atoms with van der Waals surface area (Å²) in [4.78, 5) is 12.2. The van der Waals surface area contributed by atoms with Crippen LogP contribution in [0.2, 0.25) is 0 Å². The third-order valence-electron chi connectivity index (χ3n) is 16.2. The lowest BCUT2D eigenvalue weighted by Crippen LogP contribution is -2.71. The summed E-state index contributed by atoms with van der Waals surface area (Å²) in [6.07, 6.45) is 21.6. The fourth-order valence-corrected chi connectivity index (χ4v) is 14.3. The van der Waals surface area contributed by atoms with Crippen molar-refractivity contribution in [2.45, 2.75) is 99.3 Å². The molecule has 0 saturated heterocycles. The van der Waals surface area contributed by atoms with Gasteiger partial charge in [0.2, 0.25) is 0 Å². The average molecular weight is 649 g/mol. The highest BCUT2D eigenvalue weighted by Crippen LogP contribution is 2.84. The molecule has 0 radical (unpaired) electrons. The molecule has 0 aliphatic heterocycles. The van der Waals surface area contributed by atoms with Crippen LogP contribution in [0, 0.1) is 55.7 Å². The number of aliphatic hydroxyl groups is 1. The summed E-state index contributed by atoms with van der Waals surface area (Å²) in [5, 5.41) is 10.8. The molecule has 0 aromatic heterocycles. The first-order valence-corrected chi connectivity index (χ1v) is 18.4. The van der Waals surface area contributed by atoms with E-state index in [1.54, 1.807) is 0 Å². The van der Waals surface area contributed by atoms with E-state index < -0.39 is 0 Å². The lowest BCUT2D eigenvalue weighted by atomic mass is 9.26. The van der Waals surface area contributed by atoms with E-state index in [9.17, 15) is 9.90 Å². The number of carbonyl (C=O) groups is 1. The first-order chi connectivity index (χ1) is 22.6. The number of hydrogen-bond donors (Lipinski definition) is 1. The van der Waals surface area contributed by atoms with Crippen LogP contribution in [0.25, 0.3) is 5.57 Å². The highest BCUT2D eigenvalue weighted by atomic mass is 16.5. The van der Waals surface area contributed by atoms with E-state index in [2.05, 4.69) is 96.9 Å². The van der Waals surface area contributed by atoms with Gasteiger partial charge in [0.15, 0.2) is 0 Å². The number of ether oxygens (including phenoxy) is 1. The Hall–Kier alpha value is -3.07. The molecule has 0 heterocycles. The van der Waals surface area contributed by atoms with Crippen molar-refractivity contribution in [2.75, 3.05) is 7.11 Å². The molecule has 0 amide bonds. The van der Waals surface area contributed by atoms with Crippen LogP contribution in [0.15, 0.2) is 92.3 Å². The Balaban J connectivity index is 1.49. The third-order valence-corrected chi connectivity index (χ3v) is 16.2. The summed E-state index contributed by atoms with van der Waals surface area (Å²) >= 11 is 0. The van der Waals surface area contributed by atoms with Gasteiger partial charge in [-0.25, -0.2) is 4.79 Å². The maximum atomic E-state index is 12.2. The number of esters is 1. The monoisotopic (exact) mass is 648 g/mol. The maximum absolute atomic E-state index is 12.2. The summed E-state index contributed by atoms with van der Waals surface area (Å²) in [6.45, 7) is 32.7. The van der Waals surface area contributed by atoms with Crippen molar-refractivity contribution >= 4 is 11.5 Å². The van der Waals surface area contributed by atoms with Crippen LogP contribution in [0.5, 0.6) is 0 Å². The van der Waals surface area contributed by atoms with Crippen LogP contribution >= 0.6 is 0 Å². The summed E-state index contributed by atoms with van der Waals surface area (Å²) < 4.78 is 4.98. The molecule has 6 rings (SSSR count). The normalized spacial score (nSPS) is 42.9. The van der Waals surface area contributed by atoms with Gasteiger partial charge in [-0.2, -0.15) is 0 Å². The molecule has 0 spiro atoms. The van der Waals surface area contributed by atoms with Crippen molar-refractivity contribution < 1.29 is 14.6 Å². The van der Waals surface area contributed by atoms with Gasteiger partial charge in [0.25, 0.3) is 0 Å². The molecule has 5 aliphatic rings. The summed E-state index contributed by atoms with van der Waals surface area (Å²) in [6, 6.07) is 7.96. The molecule has 3 unspecified atom stereocenters. The van der Waals surface area contributed by atoms with E-state index in [-0.39, 0.29) is 43.9 Å². The molecule has 1 aromatic carbocycles. The van der Waals surface area contributed by atoms with Gasteiger partial charge >= 0.3 is 5.97 Å². The number of hydrogen-bond acceptors (Lipinski definition) is 3. The fourth-order valence-electron chi connectivity index (χ4n) is 14.3. The number of carbonyl (C=O) groups excluding carboxylic acids is 1. The maximum Gasteiger partial charge on any atom is 0.337 e. The Bertz CT molecular complexity index is 1600. The van der Waals surface area contributed by atoms with E-state index in [4.69, 9.17) is 11.3 Å². The number of fused-ring (bicyclic) bond motifs is 7. The second-order valence-corrected chi connectivity index (χ2v) is 17.4. The number of benzene rings is 1. The second kappa shape index (κ2) is 11.2. The van der Waals surface area contributed by atoms with Gasteiger partial charge in [-0.15, -0.1) is 19.7 Å². The third kappa shape index (κ3) is 3.91. The molecule has 1 aromatic rings. The van der Waals surface area contributed by atoms with Crippen LogP contribution in [0.1, 0.15) is 115 Å². The molecular formula is C45H60O3. The van der Waals surface area contributed by atoms with Crippen molar-refractivity contribution in [3.8, 4) is 0 Å². The lowest BCUT2D eigenvalue weighted by molar-refractivity contribution is -0.248. The van der Waals surface area contributed by atoms with Crippen LogP contribution in [-0.2, 0) is 4.74 Å². The first-order valence-electron chi connectivity index (χ1n) is 18.4. The molecule has 4 fully saturated rings. The molecular weight excluding hydrogens is 588 g/mol. The lowest BCUT2D eigenvalue weighted by Gasteiger charge is -2.77.